The van der Waals surface area contributed by atoms with E-state index in [2.05, 4.69) is 4.74 Å². The zero-order chi connectivity index (χ0) is 10.4. The van der Waals surface area contributed by atoms with Gasteiger partial charge in [-0.05, 0) is 5.56 Å². The highest BCUT2D eigenvalue weighted by Gasteiger charge is 1.98. The molecule has 0 spiro atoms. The van der Waals surface area contributed by atoms with E-state index in [1.807, 2.05) is 30.3 Å². The van der Waals surface area contributed by atoms with Gasteiger partial charge < -0.3 is 10.5 Å². The molecule has 0 radical (unpaired) electrons. The summed E-state index contributed by atoms with van der Waals surface area (Å²) in [4.78, 5) is 10.8. The van der Waals surface area contributed by atoms with Crippen LogP contribution in [0.4, 0.5) is 0 Å². The van der Waals surface area contributed by atoms with Crippen molar-refractivity contribution in [3.05, 3.63) is 47.7 Å². The summed E-state index contributed by atoms with van der Waals surface area (Å²) in [6.07, 6.45) is 1.86. The van der Waals surface area contributed by atoms with Crippen molar-refractivity contribution in [1.82, 2.24) is 0 Å². The van der Waals surface area contributed by atoms with Gasteiger partial charge in [-0.3, -0.25) is 0 Å². The van der Waals surface area contributed by atoms with Gasteiger partial charge in [-0.1, -0.05) is 30.3 Å². The summed E-state index contributed by atoms with van der Waals surface area (Å²) in [6.45, 7) is 0. The van der Waals surface area contributed by atoms with Gasteiger partial charge in [0, 0.05) is 18.2 Å². The maximum Gasteiger partial charge on any atom is 0.332 e. The van der Waals surface area contributed by atoms with Crippen LogP contribution in [-0.2, 0) is 16.0 Å². The molecule has 0 unspecified atom stereocenters. The van der Waals surface area contributed by atoms with E-state index in [1.165, 1.54) is 13.2 Å². The fourth-order valence-electron chi connectivity index (χ4n) is 1.09. The second-order valence-electron chi connectivity index (χ2n) is 2.90. The molecule has 0 bridgehead atoms. The Morgan fingerprint density at radius 3 is 2.64 bits per heavy atom. The first-order valence-electron chi connectivity index (χ1n) is 4.30. The van der Waals surface area contributed by atoms with Crippen LogP contribution < -0.4 is 5.73 Å². The van der Waals surface area contributed by atoms with Gasteiger partial charge in [0.15, 0.2) is 0 Å². The number of benzene rings is 1. The molecule has 0 heterocycles. The van der Waals surface area contributed by atoms with E-state index >= 15 is 0 Å². The smallest absolute Gasteiger partial charge is 0.332 e. The average Bonchev–Trinajstić information content (AvgIpc) is 2.19. The lowest BCUT2D eigenvalue weighted by Gasteiger charge is -2.00. The highest BCUT2D eigenvalue weighted by atomic mass is 16.5. The Balaban J connectivity index is 2.61. The zero-order valence-corrected chi connectivity index (χ0v) is 8.07. The van der Waals surface area contributed by atoms with Crippen LogP contribution in [0.25, 0.3) is 0 Å². The summed E-state index contributed by atoms with van der Waals surface area (Å²) in [5.74, 6) is -0.418. The van der Waals surface area contributed by atoms with E-state index in [1.54, 1.807) is 0 Å². The Morgan fingerprint density at radius 1 is 1.43 bits per heavy atom. The molecule has 14 heavy (non-hydrogen) atoms. The Hall–Kier alpha value is -1.77. The normalized spacial score (nSPS) is 11.1. The monoisotopic (exact) mass is 191 g/mol. The summed E-state index contributed by atoms with van der Waals surface area (Å²) in [5.41, 5.74) is 7.22. The lowest BCUT2D eigenvalue weighted by atomic mass is 10.1. The van der Waals surface area contributed by atoms with Crippen molar-refractivity contribution in [2.75, 3.05) is 7.11 Å². The molecule has 74 valence electrons. The number of allylic oxidation sites excluding steroid dienone is 1. The van der Waals surface area contributed by atoms with Gasteiger partial charge in [-0.2, -0.15) is 0 Å². The number of carbonyl (C=O) groups excluding carboxylic acids is 1. The van der Waals surface area contributed by atoms with Crippen LogP contribution in [0.3, 0.4) is 0 Å². The standard InChI is InChI=1S/C11H13NO2/c1-14-11(13)8-10(12)7-9-5-3-2-4-6-9/h2-6,8H,7,12H2,1H3/b10-8+. The number of esters is 1. The van der Waals surface area contributed by atoms with E-state index in [0.29, 0.717) is 12.1 Å². The Bertz CT molecular complexity index is 330. The molecule has 2 N–H and O–H groups in total. The van der Waals surface area contributed by atoms with E-state index in [-0.39, 0.29) is 0 Å². The first-order chi connectivity index (χ1) is 6.72. The van der Waals surface area contributed by atoms with Crippen LogP contribution in [0, 0.1) is 0 Å². The van der Waals surface area contributed by atoms with Crippen molar-refractivity contribution < 1.29 is 9.53 Å². The first kappa shape index (κ1) is 10.3. The van der Waals surface area contributed by atoms with Crippen molar-refractivity contribution in [3.8, 4) is 0 Å². The second kappa shape index (κ2) is 5.07. The van der Waals surface area contributed by atoms with Crippen molar-refractivity contribution in [3.63, 3.8) is 0 Å². The van der Waals surface area contributed by atoms with Crippen LogP contribution in [0.5, 0.6) is 0 Å². The molecule has 1 aromatic carbocycles. The summed E-state index contributed by atoms with van der Waals surface area (Å²) in [5, 5.41) is 0. The van der Waals surface area contributed by atoms with Gasteiger partial charge >= 0.3 is 5.97 Å². The molecule has 0 atom stereocenters. The number of nitrogens with two attached hydrogens (primary N) is 1. The van der Waals surface area contributed by atoms with Crippen molar-refractivity contribution >= 4 is 5.97 Å². The SMILES string of the molecule is COC(=O)/C=C(/N)Cc1ccccc1. The third-order valence-electron chi connectivity index (χ3n) is 1.76. The minimum atomic E-state index is -0.418. The molecule has 0 aliphatic carbocycles. The summed E-state index contributed by atoms with van der Waals surface area (Å²) in [6, 6.07) is 9.71. The van der Waals surface area contributed by atoms with Crippen LogP contribution in [-0.4, -0.2) is 13.1 Å². The predicted octanol–water partition coefficient (Wildman–Crippen LogP) is 1.24. The number of hydrogen-bond donors (Lipinski definition) is 1. The molecule has 0 aliphatic rings. The van der Waals surface area contributed by atoms with Crippen LogP contribution in [0.15, 0.2) is 42.1 Å². The molecule has 0 aliphatic heterocycles. The Kier molecular flexibility index (Phi) is 3.73. The summed E-state index contributed by atoms with van der Waals surface area (Å²) < 4.78 is 4.46. The molecule has 1 aromatic rings. The highest BCUT2D eigenvalue weighted by Crippen LogP contribution is 2.03. The second-order valence-corrected chi connectivity index (χ2v) is 2.90. The average molecular weight is 191 g/mol. The molecule has 0 saturated heterocycles. The van der Waals surface area contributed by atoms with Crippen molar-refractivity contribution in [2.24, 2.45) is 5.73 Å². The number of ether oxygens (including phenoxy) is 1. The first-order valence-corrected chi connectivity index (χ1v) is 4.30. The number of rotatable bonds is 3. The van der Waals surface area contributed by atoms with E-state index < -0.39 is 5.97 Å². The zero-order valence-electron chi connectivity index (χ0n) is 8.07. The van der Waals surface area contributed by atoms with Gasteiger partial charge in [-0.25, -0.2) is 4.79 Å². The van der Waals surface area contributed by atoms with Crippen molar-refractivity contribution in [2.45, 2.75) is 6.42 Å². The topological polar surface area (TPSA) is 52.3 Å². The Labute approximate surface area is 83.2 Å². The van der Waals surface area contributed by atoms with Gasteiger partial charge in [0.1, 0.15) is 0 Å². The fraction of sp³-hybridized carbons (Fsp3) is 0.182. The number of carbonyl (C=O) groups is 1. The van der Waals surface area contributed by atoms with Gasteiger partial charge in [0.05, 0.1) is 7.11 Å². The minimum absolute atomic E-state index is 0.418. The lowest BCUT2D eigenvalue weighted by Crippen LogP contribution is -2.06. The number of hydrogen-bond acceptors (Lipinski definition) is 3. The number of methoxy groups -OCH3 is 1. The predicted molar refractivity (Wildman–Crippen MR) is 54.4 cm³/mol. The molecule has 3 nitrogen and oxygen atoms in total. The third-order valence-corrected chi connectivity index (χ3v) is 1.76. The molecular formula is C11H13NO2. The highest BCUT2D eigenvalue weighted by molar-refractivity contribution is 5.82. The molecule has 0 saturated carbocycles. The molecule has 0 amide bonds. The fourth-order valence-corrected chi connectivity index (χ4v) is 1.09. The van der Waals surface area contributed by atoms with E-state index in [9.17, 15) is 4.79 Å². The van der Waals surface area contributed by atoms with Gasteiger partial charge in [0.25, 0.3) is 0 Å². The van der Waals surface area contributed by atoms with E-state index in [4.69, 9.17) is 5.73 Å². The van der Waals surface area contributed by atoms with Gasteiger partial charge in [0.2, 0.25) is 0 Å². The molecule has 1 rings (SSSR count). The van der Waals surface area contributed by atoms with Crippen LogP contribution in [0.1, 0.15) is 5.56 Å². The van der Waals surface area contributed by atoms with Gasteiger partial charge in [-0.15, -0.1) is 0 Å². The Morgan fingerprint density at radius 2 is 2.07 bits per heavy atom. The van der Waals surface area contributed by atoms with Crippen molar-refractivity contribution in [1.29, 1.82) is 0 Å². The quantitative estimate of drug-likeness (QED) is 0.577. The van der Waals surface area contributed by atoms with Crippen LogP contribution in [0.2, 0.25) is 0 Å². The lowest BCUT2D eigenvalue weighted by molar-refractivity contribution is -0.134. The largest absolute Gasteiger partial charge is 0.466 e. The van der Waals surface area contributed by atoms with E-state index in [0.717, 1.165) is 5.56 Å². The van der Waals surface area contributed by atoms with Crippen LogP contribution >= 0.6 is 0 Å². The third kappa shape index (κ3) is 3.31. The maximum atomic E-state index is 10.8. The molecular weight excluding hydrogens is 178 g/mol. The maximum absolute atomic E-state index is 10.8. The minimum Gasteiger partial charge on any atom is -0.466 e. The summed E-state index contributed by atoms with van der Waals surface area (Å²) in [7, 11) is 1.33. The summed E-state index contributed by atoms with van der Waals surface area (Å²) >= 11 is 0. The molecule has 3 heteroatoms. The molecule has 0 fully saturated rings. The molecule has 0 aromatic heterocycles.